The highest BCUT2D eigenvalue weighted by Gasteiger charge is 2.45. The Morgan fingerprint density at radius 1 is 1.02 bits per heavy atom. The van der Waals surface area contributed by atoms with Gasteiger partial charge >= 0.3 is 0 Å². The van der Waals surface area contributed by atoms with Gasteiger partial charge in [0.1, 0.15) is 22.4 Å². The number of aromatic nitrogens is 5. The molecular formula is C29H32N8O3S. The number of rotatable bonds is 9. The molecule has 0 bridgehead atoms. The smallest absolute Gasteiger partial charge is 0.230 e. The summed E-state index contributed by atoms with van der Waals surface area (Å²) < 4.78 is 1.06. The van der Waals surface area contributed by atoms with Crippen LogP contribution in [0.25, 0.3) is 20.8 Å². The van der Waals surface area contributed by atoms with E-state index in [1.165, 1.54) is 12.8 Å². The van der Waals surface area contributed by atoms with Crippen molar-refractivity contribution >= 4 is 44.9 Å². The zero-order valence-electron chi connectivity index (χ0n) is 22.6. The van der Waals surface area contributed by atoms with Gasteiger partial charge in [0, 0.05) is 36.7 Å². The first-order valence-electron chi connectivity index (χ1n) is 14.2. The number of hydrogen-bond donors (Lipinski definition) is 5. The second-order valence-electron chi connectivity index (χ2n) is 11.3. The lowest BCUT2D eigenvalue weighted by Crippen LogP contribution is -2.37. The Bertz CT molecular complexity index is 1590. The number of amides is 1. The van der Waals surface area contributed by atoms with Gasteiger partial charge in [0.05, 0.1) is 39.7 Å². The van der Waals surface area contributed by atoms with E-state index in [0.717, 1.165) is 51.6 Å². The molecule has 0 unspecified atom stereocenters. The summed E-state index contributed by atoms with van der Waals surface area (Å²) in [6, 6.07) is 4.74. The predicted octanol–water partition coefficient (Wildman–Crippen LogP) is 3.71. The Morgan fingerprint density at radius 3 is 2.59 bits per heavy atom. The van der Waals surface area contributed by atoms with Crippen molar-refractivity contribution < 1.29 is 15.0 Å². The van der Waals surface area contributed by atoms with Crippen LogP contribution < -0.4 is 16.0 Å². The zero-order valence-corrected chi connectivity index (χ0v) is 23.4. The lowest BCUT2D eigenvalue weighted by atomic mass is 10.0. The molecule has 4 aromatic rings. The van der Waals surface area contributed by atoms with Crippen molar-refractivity contribution in [1.82, 2.24) is 24.9 Å². The van der Waals surface area contributed by atoms with Gasteiger partial charge in [0.15, 0.2) is 0 Å². The van der Waals surface area contributed by atoms with Gasteiger partial charge in [-0.1, -0.05) is 0 Å². The first-order valence-corrected chi connectivity index (χ1v) is 15.0. The normalized spacial score (nSPS) is 24.0. The minimum Gasteiger partial charge on any atom is -0.390 e. The van der Waals surface area contributed by atoms with Gasteiger partial charge in [-0.25, -0.2) is 9.97 Å². The van der Waals surface area contributed by atoms with Crippen LogP contribution in [0.5, 0.6) is 0 Å². The van der Waals surface area contributed by atoms with Crippen LogP contribution in [0.4, 0.5) is 17.5 Å². The second-order valence-corrected chi connectivity index (χ2v) is 12.3. The van der Waals surface area contributed by atoms with E-state index in [9.17, 15) is 15.0 Å². The van der Waals surface area contributed by atoms with Gasteiger partial charge < -0.3 is 26.2 Å². The molecule has 4 heterocycles. The molecule has 0 aliphatic heterocycles. The van der Waals surface area contributed by atoms with Crippen molar-refractivity contribution in [1.29, 1.82) is 0 Å². The van der Waals surface area contributed by atoms with Crippen molar-refractivity contribution in [2.45, 2.75) is 63.2 Å². The number of hydrogen-bond acceptors (Lipinski definition) is 11. The van der Waals surface area contributed by atoms with E-state index in [1.54, 1.807) is 35.9 Å². The van der Waals surface area contributed by atoms with Gasteiger partial charge in [0.2, 0.25) is 11.9 Å². The van der Waals surface area contributed by atoms with E-state index in [-0.39, 0.29) is 12.3 Å². The first kappa shape index (κ1) is 26.2. The molecule has 41 heavy (non-hydrogen) atoms. The molecule has 3 aliphatic carbocycles. The summed E-state index contributed by atoms with van der Waals surface area (Å²) in [5.74, 6) is 0.958. The maximum Gasteiger partial charge on any atom is 0.230 e. The van der Waals surface area contributed by atoms with Crippen LogP contribution in [0.15, 0.2) is 36.8 Å². The molecular weight excluding hydrogens is 540 g/mol. The van der Waals surface area contributed by atoms with Crippen molar-refractivity contribution in [2.24, 2.45) is 11.8 Å². The molecule has 1 amide bonds. The average Bonchev–Trinajstić information content (AvgIpc) is 3.90. The first-order chi connectivity index (χ1) is 19.9. The number of anilines is 3. The second kappa shape index (κ2) is 10.6. The molecule has 0 aromatic carbocycles. The third kappa shape index (κ3) is 5.34. The number of aryl methyl sites for hydroxylation is 1. The Kier molecular flexibility index (Phi) is 6.76. The summed E-state index contributed by atoms with van der Waals surface area (Å²) in [6.07, 6.45) is 7.50. The third-order valence-electron chi connectivity index (χ3n) is 8.14. The fourth-order valence-corrected chi connectivity index (χ4v) is 6.56. The molecule has 0 spiro atoms. The SMILES string of the molecule is Cc1nc(NCC2CC2)nc(N[C@@H]2C[C@H](C(=O)Nc3ccncc3)[C@@H](O)[C@H]2O)c1-c1nc2c(C3CC3)nccc2s1. The van der Waals surface area contributed by atoms with E-state index >= 15 is 0 Å². The lowest BCUT2D eigenvalue weighted by Gasteiger charge is -2.21. The molecule has 5 N–H and O–H groups in total. The molecule has 7 rings (SSSR count). The van der Waals surface area contributed by atoms with Crippen LogP contribution in [0.1, 0.15) is 49.4 Å². The van der Waals surface area contributed by atoms with Crippen LogP contribution in [0, 0.1) is 18.8 Å². The van der Waals surface area contributed by atoms with Crippen LogP contribution in [0.2, 0.25) is 0 Å². The number of carbonyl (C=O) groups is 1. The van der Waals surface area contributed by atoms with Crippen LogP contribution in [0.3, 0.4) is 0 Å². The minimum absolute atomic E-state index is 0.224. The number of nitrogens with one attached hydrogen (secondary N) is 3. The molecule has 0 saturated heterocycles. The predicted molar refractivity (Wildman–Crippen MR) is 157 cm³/mol. The van der Waals surface area contributed by atoms with Crippen LogP contribution in [-0.2, 0) is 4.79 Å². The maximum absolute atomic E-state index is 13.0. The van der Waals surface area contributed by atoms with Crippen LogP contribution >= 0.6 is 11.3 Å². The van der Waals surface area contributed by atoms with Gasteiger partial charge in [-0.05, 0) is 63.1 Å². The van der Waals surface area contributed by atoms with E-state index in [0.29, 0.717) is 29.3 Å². The summed E-state index contributed by atoms with van der Waals surface area (Å²) in [5, 5.41) is 32.2. The number of carbonyl (C=O) groups excluding carboxylic acids is 1. The average molecular weight is 573 g/mol. The van der Waals surface area contributed by atoms with E-state index in [4.69, 9.17) is 15.0 Å². The zero-order chi connectivity index (χ0) is 28.1. The summed E-state index contributed by atoms with van der Waals surface area (Å²) in [7, 11) is 0. The number of nitrogens with zero attached hydrogens (tertiary/aromatic N) is 5. The lowest BCUT2D eigenvalue weighted by molar-refractivity contribution is -0.123. The fraction of sp³-hybridized carbons (Fsp3) is 0.448. The van der Waals surface area contributed by atoms with Gasteiger partial charge in [-0.2, -0.15) is 4.98 Å². The summed E-state index contributed by atoms with van der Waals surface area (Å²) >= 11 is 1.57. The highest BCUT2D eigenvalue weighted by Crippen LogP contribution is 2.44. The standard InChI is InChI=1S/C29H32N8O3S/c1-14-21(28-36-23-20(41-28)8-11-31-22(23)16-4-5-16)26(37-29(33-14)32-13-15-2-3-15)35-19-12-18(24(38)25(19)39)27(40)34-17-6-9-30-10-7-17/h6-11,15-16,18-19,24-25,38-39H,2-5,12-13H2,1H3,(H,30,34,40)(H2,32,33,35,37)/t18-,19+,24+,25-/m0/s1. The maximum atomic E-state index is 13.0. The van der Waals surface area contributed by atoms with Gasteiger partial charge in [0.25, 0.3) is 0 Å². The van der Waals surface area contributed by atoms with Crippen molar-refractivity contribution in [2.75, 3.05) is 22.5 Å². The van der Waals surface area contributed by atoms with E-state index in [1.807, 2.05) is 19.2 Å². The summed E-state index contributed by atoms with van der Waals surface area (Å²) in [6.45, 7) is 2.74. The minimum atomic E-state index is -1.23. The van der Waals surface area contributed by atoms with Crippen molar-refractivity contribution in [3.8, 4) is 10.6 Å². The molecule has 11 nitrogen and oxygen atoms in total. The largest absolute Gasteiger partial charge is 0.390 e. The molecule has 3 saturated carbocycles. The quantitative estimate of drug-likeness (QED) is 0.200. The number of fused-ring (bicyclic) bond motifs is 1. The van der Waals surface area contributed by atoms with E-state index < -0.39 is 24.2 Å². The monoisotopic (exact) mass is 572 g/mol. The number of aliphatic hydroxyl groups is 2. The molecule has 3 aliphatic rings. The van der Waals surface area contributed by atoms with Crippen molar-refractivity contribution in [3.05, 3.63) is 48.2 Å². The molecule has 4 aromatic heterocycles. The molecule has 4 atom stereocenters. The highest BCUT2D eigenvalue weighted by molar-refractivity contribution is 7.21. The third-order valence-corrected chi connectivity index (χ3v) is 9.18. The molecule has 212 valence electrons. The van der Waals surface area contributed by atoms with E-state index in [2.05, 4.69) is 25.9 Å². The number of pyridine rings is 2. The highest BCUT2D eigenvalue weighted by atomic mass is 32.1. The molecule has 0 radical (unpaired) electrons. The number of thiazole rings is 1. The summed E-state index contributed by atoms with van der Waals surface area (Å²) in [5.41, 5.74) is 4.04. The van der Waals surface area contributed by atoms with Crippen molar-refractivity contribution in [3.63, 3.8) is 0 Å². The molecule has 12 heteroatoms. The number of aliphatic hydroxyl groups excluding tert-OH is 2. The van der Waals surface area contributed by atoms with Gasteiger partial charge in [-0.15, -0.1) is 11.3 Å². The Balaban J connectivity index is 1.20. The molecule has 3 fully saturated rings. The fourth-order valence-electron chi connectivity index (χ4n) is 5.49. The summed E-state index contributed by atoms with van der Waals surface area (Å²) in [4.78, 5) is 36.2. The Labute approximate surface area is 240 Å². The van der Waals surface area contributed by atoms with Gasteiger partial charge in [-0.3, -0.25) is 14.8 Å². The topological polar surface area (TPSA) is 158 Å². The van der Waals surface area contributed by atoms with Crippen LogP contribution in [-0.4, -0.2) is 65.8 Å². The Hall–Kier alpha value is -3.74. The Morgan fingerprint density at radius 2 is 1.83 bits per heavy atom.